The van der Waals surface area contributed by atoms with E-state index in [1.165, 1.54) is 7.11 Å². The van der Waals surface area contributed by atoms with Crippen molar-refractivity contribution < 1.29 is 9.53 Å². The molecule has 90 valence electrons. The minimum absolute atomic E-state index is 0.369. The molecule has 0 aromatic heterocycles. The van der Waals surface area contributed by atoms with Gasteiger partial charge in [-0.2, -0.15) is 0 Å². The number of nitrogens with one attached hydrogen (secondary N) is 2. The van der Waals surface area contributed by atoms with Crippen LogP contribution in [0.4, 0.5) is 16.2 Å². The molecule has 1 heterocycles. The summed E-state index contributed by atoms with van der Waals surface area (Å²) in [6.45, 7) is 0. The smallest absolute Gasteiger partial charge is 0.413 e. The number of benzene rings is 2. The Balaban J connectivity index is 2.09. The molecule has 0 saturated carbocycles. The highest BCUT2D eigenvalue weighted by Crippen LogP contribution is 2.34. The third-order valence-electron chi connectivity index (χ3n) is 2.77. The van der Waals surface area contributed by atoms with Gasteiger partial charge in [0.15, 0.2) is 0 Å². The maximum absolute atomic E-state index is 11.2. The van der Waals surface area contributed by atoms with Gasteiger partial charge in [0, 0.05) is 5.39 Å². The van der Waals surface area contributed by atoms with Crippen molar-refractivity contribution in [3.8, 4) is 0 Å². The maximum atomic E-state index is 11.2. The molecule has 0 radical (unpaired) electrons. The van der Waals surface area contributed by atoms with E-state index in [1.807, 2.05) is 36.4 Å². The zero-order valence-corrected chi connectivity index (χ0v) is 9.73. The number of rotatable bonds is 0. The summed E-state index contributed by atoms with van der Waals surface area (Å²) in [5, 5.41) is 7.76. The zero-order valence-electron chi connectivity index (χ0n) is 9.73. The van der Waals surface area contributed by atoms with E-state index in [-0.39, 0.29) is 0 Å². The molecule has 5 nitrogen and oxygen atoms in total. The van der Waals surface area contributed by atoms with Gasteiger partial charge in [0.25, 0.3) is 0 Å². The van der Waals surface area contributed by atoms with E-state index >= 15 is 0 Å². The lowest BCUT2D eigenvalue weighted by Crippen LogP contribution is -2.36. The highest BCUT2D eigenvalue weighted by Gasteiger charge is 2.15. The molecule has 2 aromatic carbocycles. The lowest BCUT2D eigenvalue weighted by atomic mass is 10.1. The second-order valence-electron chi connectivity index (χ2n) is 3.88. The minimum atomic E-state index is -0.548. The van der Waals surface area contributed by atoms with Gasteiger partial charge in [0.1, 0.15) is 0 Å². The highest BCUT2D eigenvalue weighted by molar-refractivity contribution is 6.15. The van der Waals surface area contributed by atoms with Crippen molar-refractivity contribution in [1.82, 2.24) is 5.32 Å². The van der Waals surface area contributed by atoms with E-state index in [4.69, 9.17) is 0 Å². The molecule has 0 aliphatic carbocycles. The summed E-state index contributed by atoms with van der Waals surface area (Å²) in [6, 6.07) is 11.8. The van der Waals surface area contributed by atoms with Gasteiger partial charge in [-0.3, -0.25) is 5.32 Å². The monoisotopic (exact) mass is 241 g/mol. The Morgan fingerprint density at radius 1 is 1.28 bits per heavy atom. The van der Waals surface area contributed by atoms with Crippen molar-refractivity contribution in [2.75, 3.05) is 12.4 Å². The van der Waals surface area contributed by atoms with Crippen molar-refractivity contribution in [3.63, 3.8) is 0 Å². The van der Waals surface area contributed by atoms with E-state index in [0.29, 0.717) is 5.96 Å². The maximum Gasteiger partial charge on any atom is 0.413 e. The average Bonchev–Trinajstić information content (AvgIpc) is 2.39. The van der Waals surface area contributed by atoms with Crippen LogP contribution in [-0.4, -0.2) is 19.2 Å². The predicted octanol–water partition coefficient (Wildman–Crippen LogP) is 2.61. The number of alkyl carbamates (subject to hydrolysis) is 1. The Labute approximate surface area is 103 Å². The number of carbonyl (C=O) groups excluding carboxylic acids is 1. The molecule has 1 amide bonds. The van der Waals surface area contributed by atoms with Crippen molar-refractivity contribution in [2.45, 2.75) is 0 Å². The van der Waals surface area contributed by atoms with Crippen LogP contribution >= 0.6 is 0 Å². The molecule has 0 saturated heterocycles. The van der Waals surface area contributed by atoms with Crippen LogP contribution in [0.5, 0.6) is 0 Å². The first kappa shape index (κ1) is 10.6. The second kappa shape index (κ2) is 4.03. The van der Waals surface area contributed by atoms with Gasteiger partial charge >= 0.3 is 6.09 Å². The molecule has 18 heavy (non-hydrogen) atoms. The Kier molecular flexibility index (Phi) is 2.37. The van der Waals surface area contributed by atoms with Crippen LogP contribution in [0.1, 0.15) is 0 Å². The average molecular weight is 241 g/mol. The van der Waals surface area contributed by atoms with Crippen LogP contribution in [0.3, 0.4) is 0 Å². The van der Waals surface area contributed by atoms with Gasteiger partial charge in [0.05, 0.1) is 18.5 Å². The molecule has 3 rings (SSSR count). The van der Waals surface area contributed by atoms with Gasteiger partial charge in [0.2, 0.25) is 5.96 Å². The fraction of sp³-hybridized carbons (Fsp3) is 0.0769. The summed E-state index contributed by atoms with van der Waals surface area (Å²) in [5.74, 6) is 0.369. The fourth-order valence-corrected chi connectivity index (χ4v) is 2.00. The lowest BCUT2D eigenvalue weighted by molar-refractivity contribution is 0.177. The quantitative estimate of drug-likeness (QED) is 0.745. The Morgan fingerprint density at radius 3 is 2.83 bits per heavy atom. The molecule has 2 aromatic rings. The van der Waals surface area contributed by atoms with E-state index < -0.39 is 6.09 Å². The lowest BCUT2D eigenvalue weighted by Gasteiger charge is -2.18. The molecule has 1 aliphatic heterocycles. The summed E-state index contributed by atoms with van der Waals surface area (Å²) < 4.78 is 4.54. The van der Waals surface area contributed by atoms with E-state index in [2.05, 4.69) is 20.4 Å². The number of aliphatic imine (C=N–C) groups is 1. The van der Waals surface area contributed by atoms with Crippen LogP contribution in [0.15, 0.2) is 41.4 Å². The molecule has 0 spiro atoms. The number of anilines is 1. The number of guanidine groups is 1. The largest absolute Gasteiger partial charge is 0.453 e. The first-order valence-corrected chi connectivity index (χ1v) is 5.50. The number of amides is 1. The van der Waals surface area contributed by atoms with Crippen molar-refractivity contribution in [3.05, 3.63) is 36.4 Å². The van der Waals surface area contributed by atoms with Gasteiger partial charge in [-0.1, -0.05) is 24.3 Å². The Hall–Kier alpha value is -2.56. The number of nitrogens with zero attached hydrogens (tertiary/aromatic N) is 1. The Morgan fingerprint density at radius 2 is 2.06 bits per heavy atom. The number of hydrogen-bond donors (Lipinski definition) is 2. The van der Waals surface area contributed by atoms with Crippen LogP contribution in [-0.2, 0) is 4.74 Å². The van der Waals surface area contributed by atoms with Gasteiger partial charge in [-0.05, 0) is 17.5 Å². The summed E-state index contributed by atoms with van der Waals surface area (Å²) in [7, 11) is 1.31. The minimum Gasteiger partial charge on any atom is -0.453 e. The normalized spacial score (nSPS) is 12.6. The molecule has 0 bridgehead atoms. The standard InChI is InChI=1S/C13H11N3O2/c1-18-13(17)16-12-14-9-6-2-4-8-5-3-7-10(15-12)11(8)9/h2-7H,1H3,(H2,14,15,16,17). The third-order valence-corrected chi connectivity index (χ3v) is 2.77. The SMILES string of the molecule is COC(=O)NC1=Nc2cccc3cccc(c23)N1. The van der Waals surface area contributed by atoms with E-state index in [1.54, 1.807) is 0 Å². The molecule has 0 unspecified atom stereocenters. The molecule has 2 N–H and O–H groups in total. The van der Waals surface area contributed by atoms with Crippen LogP contribution < -0.4 is 10.6 Å². The topological polar surface area (TPSA) is 62.7 Å². The number of methoxy groups -OCH3 is 1. The van der Waals surface area contributed by atoms with E-state index in [0.717, 1.165) is 22.1 Å². The van der Waals surface area contributed by atoms with Gasteiger partial charge in [-0.25, -0.2) is 9.79 Å². The van der Waals surface area contributed by atoms with Crippen molar-refractivity contribution >= 4 is 34.2 Å². The summed E-state index contributed by atoms with van der Waals surface area (Å²) >= 11 is 0. The number of hydrogen-bond acceptors (Lipinski definition) is 4. The van der Waals surface area contributed by atoms with E-state index in [9.17, 15) is 4.79 Å². The zero-order chi connectivity index (χ0) is 12.5. The summed E-state index contributed by atoms with van der Waals surface area (Å²) in [5.41, 5.74) is 1.75. The molecule has 5 heteroatoms. The molecule has 1 aliphatic rings. The first-order valence-electron chi connectivity index (χ1n) is 5.50. The Bertz CT molecular complexity index is 659. The van der Waals surface area contributed by atoms with Gasteiger partial charge < -0.3 is 10.1 Å². The first-order chi connectivity index (χ1) is 8.78. The van der Waals surface area contributed by atoms with Crippen LogP contribution in [0.25, 0.3) is 10.8 Å². The van der Waals surface area contributed by atoms with Crippen LogP contribution in [0.2, 0.25) is 0 Å². The summed E-state index contributed by atoms with van der Waals surface area (Å²) in [4.78, 5) is 15.5. The molecule has 0 fully saturated rings. The molecule has 0 atom stereocenters. The number of carbonyl (C=O) groups is 1. The van der Waals surface area contributed by atoms with Crippen molar-refractivity contribution in [2.24, 2.45) is 4.99 Å². The fourth-order valence-electron chi connectivity index (χ4n) is 2.00. The molecular formula is C13H11N3O2. The highest BCUT2D eigenvalue weighted by atomic mass is 16.5. The van der Waals surface area contributed by atoms with Crippen LogP contribution in [0, 0.1) is 0 Å². The predicted molar refractivity (Wildman–Crippen MR) is 70.2 cm³/mol. The number of ether oxygens (including phenoxy) is 1. The third kappa shape index (κ3) is 1.66. The second-order valence-corrected chi connectivity index (χ2v) is 3.88. The van der Waals surface area contributed by atoms with Crippen molar-refractivity contribution in [1.29, 1.82) is 0 Å². The molecular weight excluding hydrogens is 230 g/mol. The summed E-state index contributed by atoms with van der Waals surface area (Å²) in [6.07, 6.45) is -0.548. The van der Waals surface area contributed by atoms with Gasteiger partial charge in [-0.15, -0.1) is 0 Å².